The van der Waals surface area contributed by atoms with Gasteiger partial charge in [-0.3, -0.25) is 4.79 Å². The van der Waals surface area contributed by atoms with E-state index in [2.05, 4.69) is 106 Å². The van der Waals surface area contributed by atoms with Crippen LogP contribution in [0.15, 0.2) is 0 Å². The van der Waals surface area contributed by atoms with Crippen LogP contribution in [0.1, 0.15) is 140 Å². The van der Waals surface area contributed by atoms with E-state index in [0.29, 0.717) is 6.42 Å². The molecule has 0 spiro atoms. The van der Waals surface area contributed by atoms with Crippen molar-refractivity contribution in [1.29, 1.82) is 0 Å². The van der Waals surface area contributed by atoms with Crippen LogP contribution in [0.2, 0.25) is 45.3 Å². The molecule has 0 saturated heterocycles. The summed E-state index contributed by atoms with van der Waals surface area (Å²) in [6.07, 6.45) is 13.3. The molecule has 0 bridgehead atoms. The zero-order chi connectivity index (χ0) is 33.5. The lowest BCUT2D eigenvalue weighted by atomic mass is 10.2. The molecule has 0 aromatic heterocycles. The molecule has 0 fully saturated rings. The highest BCUT2D eigenvalue weighted by Crippen LogP contribution is 2.04. The van der Waals surface area contributed by atoms with Gasteiger partial charge in [0.1, 0.15) is 0 Å². The predicted molar refractivity (Wildman–Crippen MR) is 193 cm³/mol. The van der Waals surface area contributed by atoms with Crippen LogP contribution in [-0.4, -0.2) is 50.3 Å². The van der Waals surface area contributed by atoms with Crippen LogP contribution < -0.4 is 0 Å². The summed E-state index contributed by atoms with van der Waals surface area (Å²) in [5.74, 6) is 0.762. The van der Waals surface area contributed by atoms with Crippen molar-refractivity contribution in [2.75, 3.05) is 27.9 Å². The monoisotopic (exact) mass is 613 g/mol. The van der Waals surface area contributed by atoms with Crippen LogP contribution >= 0.6 is 0 Å². The fourth-order valence-corrected chi connectivity index (χ4v) is 1.09. The molecule has 0 N–H and O–H groups in total. The average molecular weight is 613 g/mol. The van der Waals surface area contributed by atoms with Gasteiger partial charge in [0, 0.05) is 35.3 Å². The molecule has 4 nitrogen and oxygen atoms in total. The van der Waals surface area contributed by atoms with E-state index in [1.165, 1.54) is 70.9 Å². The summed E-state index contributed by atoms with van der Waals surface area (Å²) in [7, 11) is 3.14. The normalized spacial score (nSPS) is 9.70. The van der Waals surface area contributed by atoms with Gasteiger partial charge in [-0.2, -0.15) is 0 Å². The Morgan fingerprint density at radius 1 is 0.625 bits per heavy atom. The van der Waals surface area contributed by atoms with E-state index in [4.69, 9.17) is 9.16 Å². The number of hydrogen-bond donors (Lipinski definition) is 0. The molecule has 0 amide bonds. The van der Waals surface area contributed by atoms with Crippen molar-refractivity contribution in [2.24, 2.45) is 5.92 Å². The molecule has 0 radical (unpaired) electrons. The summed E-state index contributed by atoms with van der Waals surface area (Å²) in [6, 6.07) is 1.41. The fraction of sp³-hybridized carbons (Fsp3) is 0.971. The lowest BCUT2D eigenvalue weighted by Gasteiger charge is -2.10. The minimum atomic E-state index is -1.13. The Balaban J connectivity index is -0.0000000639. The van der Waals surface area contributed by atoms with Crippen LogP contribution in [0.3, 0.4) is 0 Å². The largest absolute Gasteiger partial charge is 0.469 e. The second-order valence-electron chi connectivity index (χ2n) is 12.4. The average Bonchev–Trinajstić information content (AvgIpc) is 2.91. The van der Waals surface area contributed by atoms with Crippen molar-refractivity contribution >= 4 is 22.4 Å². The topological polar surface area (TPSA) is 44.8 Å². The molecule has 0 aromatic carbocycles. The molecular weight excluding hydrogens is 529 g/mol. The quantitative estimate of drug-likeness (QED) is 0.125. The van der Waals surface area contributed by atoms with Gasteiger partial charge in [0.15, 0.2) is 8.32 Å². The van der Waals surface area contributed by atoms with E-state index in [9.17, 15) is 4.79 Å². The smallest absolute Gasteiger partial charge is 0.305 e. The third-order valence-electron chi connectivity index (χ3n) is 5.33. The van der Waals surface area contributed by atoms with E-state index in [1.807, 2.05) is 6.92 Å². The zero-order valence-electron chi connectivity index (χ0n) is 31.9. The number of carbonyl (C=O) groups excluding carboxylic acids is 1. The molecule has 6 heteroatoms. The first-order chi connectivity index (χ1) is 18.4. The van der Waals surface area contributed by atoms with Crippen LogP contribution in [0, 0.1) is 5.92 Å². The van der Waals surface area contributed by atoms with Gasteiger partial charge in [0.25, 0.3) is 0 Å². The number of hydrogen-bond acceptors (Lipinski definition) is 4. The molecule has 0 saturated carbocycles. The van der Waals surface area contributed by atoms with Gasteiger partial charge in [0.2, 0.25) is 0 Å². The maximum Gasteiger partial charge on any atom is 0.305 e. The summed E-state index contributed by atoms with van der Waals surface area (Å²) < 4.78 is 14.2. The highest BCUT2D eigenvalue weighted by molar-refractivity contribution is 6.76. The summed E-state index contributed by atoms with van der Waals surface area (Å²) in [4.78, 5) is 10.2. The van der Waals surface area contributed by atoms with Gasteiger partial charge in [0.05, 0.1) is 7.11 Å². The Morgan fingerprint density at radius 3 is 1.02 bits per heavy atom. The molecule has 0 aliphatic rings. The Bertz CT molecular complexity index is 358. The first kappa shape index (κ1) is 55.7. The SMILES string of the molecule is CCC(C)C.CCCC.CCCC(=O)OC.CCCCCC.CCCCOC.CC[Si](C)(C)C.CO[Si](C)(C)C. The van der Waals surface area contributed by atoms with Crippen LogP contribution in [0.25, 0.3) is 0 Å². The van der Waals surface area contributed by atoms with Gasteiger partial charge >= 0.3 is 5.97 Å². The van der Waals surface area contributed by atoms with Crippen LogP contribution in [-0.2, 0) is 18.7 Å². The lowest BCUT2D eigenvalue weighted by Crippen LogP contribution is -2.22. The molecule has 0 aromatic rings. The highest BCUT2D eigenvalue weighted by Gasteiger charge is 2.09. The van der Waals surface area contributed by atoms with Gasteiger partial charge in [-0.1, -0.05) is 146 Å². The standard InChI is InChI=1S/C6H14.C5H10O2.C5H12O.C5H14Si.C5H12.C4H12OSi.C4H10/c1-3-5-6-4-2;1-3-4-5(6)7-2;1-3-4-5-6-2;1-5-6(2,3)4;1-4-5(2)3;1-5-6(2,3)4;1-3-4-2/h3-6H2,1-2H3;3-4H2,1-2H3;3-5H2,1-2H3;5H2,1-4H3;5H,4H2,1-3H3;1-4H3;3-4H2,1-2H3. The Kier molecular flexibility index (Phi) is 67.6. The van der Waals surface area contributed by atoms with E-state index in [-0.39, 0.29) is 5.97 Å². The molecule has 40 heavy (non-hydrogen) atoms. The molecular formula is C34H84O4Si2. The minimum Gasteiger partial charge on any atom is -0.469 e. The summed E-state index contributed by atoms with van der Waals surface area (Å²) in [5, 5.41) is 0. The number of rotatable bonds is 12. The second kappa shape index (κ2) is 48.5. The Labute approximate surface area is 259 Å². The summed E-state index contributed by atoms with van der Waals surface area (Å²) >= 11 is 0. The van der Waals surface area contributed by atoms with Crippen molar-refractivity contribution in [3.05, 3.63) is 0 Å². The second-order valence-corrected chi connectivity index (χ2v) is 22.9. The molecule has 0 heterocycles. The number of unbranched alkanes of at least 4 members (excludes halogenated alkanes) is 5. The molecule has 0 aliphatic carbocycles. The molecule has 0 unspecified atom stereocenters. The van der Waals surface area contributed by atoms with Crippen molar-refractivity contribution in [1.82, 2.24) is 0 Å². The van der Waals surface area contributed by atoms with Gasteiger partial charge in [-0.15, -0.1) is 0 Å². The third kappa shape index (κ3) is 131. The predicted octanol–water partition coefficient (Wildman–Crippen LogP) is 12.6. The zero-order valence-corrected chi connectivity index (χ0v) is 33.9. The van der Waals surface area contributed by atoms with Crippen molar-refractivity contribution in [3.63, 3.8) is 0 Å². The minimum absolute atomic E-state index is 0.123. The van der Waals surface area contributed by atoms with Crippen LogP contribution in [0.4, 0.5) is 0 Å². The summed E-state index contributed by atoms with van der Waals surface area (Å²) in [6.45, 7) is 36.4. The number of methoxy groups -OCH3 is 2. The van der Waals surface area contributed by atoms with E-state index in [0.717, 1.165) is 18.9 Å². The first-order valence-electron chi connectivity index (χ1n) is 16.6. The summed E-state index contributed by atoms with van der Waals surface area (Å²) in [5.41, 5.74) is 0. The van der Waals surface area contributed by atoms with Crippen molar-refractivity contribution in [3.8, 4) is 0 Å². The number of ether oxygens (including phenoxy) is 2. The third-order valence-corrected chi connectivity index (χ3v) is 8.68. The molecule has 0 atom stereocenters. The van der Waals surface area contributed by atoms with Crippen molar-refractivity contribution in [2.45, 2.75) is 185 Å². The molecule has 0 aliphatic heterocycles. The lowest BCUT2D eigenvalue weighted by molar-refractivity contribution is -0.140. The van der Waals surface area contributed by atoms with E-state index < -0.39 is 16.4 Å². The Morgan fingerprint density at radius 2 is 0.950 bits per heavy atom. The Hall–Kier alpha value is -0.176. The first-order valence-corrected chi connectivity index (χ1v) is 23.7. The maximum atomic E-state index is 10.2. The number of esters is 1. The van der Waals surface area contributed by atoms with Gasteiger partial charge in [-0.25, -0.2) is 0 Å². The number of carbonyl (C=O) groups is 1. The fourth-order valence-electron chi connectivity index (χ4n) is 1.09. The van der Waals surface area contributed by atoms with Crippen LogP contribution in [0.5, 0.6) is 0 Å². The van der Waals surface area contributed by atoms with Crippen molar-refractivity contribution < 1.29 is 18.7 Å². The molecule has 0 rings (SSSR count). The van der Waals surface area contributed by atoms with Gasteiger partial charge < -0.3 is 13.9 Å². The maximum absolute atomic E-state index is 10.2. The van der Waals surface area contributed by atoms with Gasteiger partial charge in [-0.05, 0) is 38.4 Å². The van der Waals surface area contributed by atoms with E-state index in [1.54, 1.807) is 14.2 Å². The molecule has 252 valence electrons. The highest BCUT2D eigenvalue weighted by atomic mass is 28.4. The van der Waals surface area contributed by atoms with E-state index >= 15 is 0 Å².